The van der Waals surface area contributed by atoms with Crippen molar-refractivity contribution >= 4 is 27.5 Å². The van der Waals surface area contributed by atoms with Gasteiger partial charge in [-0.25, -0.2) is 4.39 Å². The van der Waals surface area contributed by atoms with Crippen LogP contribution in [-0.4, -0.2) is 39.3 Å². The summed E-state index contributed by atoms with van der Waals surface area (Å²) in [6, 6.07) is 9.95. The van der Waals surface area contributed by atoms with Crippen LogP contribution >= 0.6 is 15.9 Å². The van der Waals surface area contributed by atoms with Crippen LogP contribution in [-0.2, 0) is 0 Å². The van der Waals surface area contributed by atoms with Crippen LogP contribution in [0, 0.1) is 11.7 Å². The molecule has 0 bridgehead atoms. The molecule has 1 aliphatic rings. The fraction of sp³-hybridized carbons (Fsp3) is 0.381. The predicted octanol–water partition coefficient (Wildman–Crippen LogP) is 4.25. The zero-order chi connectivity index (χ0) is 20.1. The normalized spacial score (nSPS) is 16.1. The maximum absolute atomic E-state index is 13.1. The number of hydrogen-bond donors (Lipinski definition) is 1. The van der Waals surface area contributed by atoms with Crippen molar-refractivity contribution in [3.8, 4) is 11.5 Å². The lowest BCUT2D eigenvalue weighted by molar-refractivity contribution is 0.0947. The van der Waals surface area contributed by atoms with Gasteiger partial charge in [0.2, 0.25) is 0 Å². The van der Waals surface area contributed by atoms with Crippen LogP contribution in [0.5, 0.6) is 11.5 Å². The van der Waals surface area contributed by atoms with E-state index < -0.39 is 0 Å². The first-order valence-corrected chi connectivity index (χ1v) is 10.1. The second-order valence-corrected chi connectivity index (χ2v) is 7.56. The quantitative estimate of drug-likeness (QED) is 0.684. The van der Waals surface area contributed by atoms with Crippen molar-refractivity contribution in [2.24, 2.45) is 5.92 Å². The first kappa shape index (κ1) is 20.5. The molecule has 0 aliphatic carbocycles. The molecule has 0 spiro atoms. The minimum Gasteiger partial charge on any atom is -0.493 e. The number of rotatable bonds is 7. The van der Waals surface area contributed by atoms with Gasteiger partial charge in [0, 0.05) is 30.9 Å². The fourth-order valence-electron chi connectivity index (χ4n) is 3.36. The number of halogens is 2. The SMILES string of the molecule is CCOc1c(Br)cc(C(=O)NCC2CCN(c3ccc(F)cc3)C2)cc1OC. The van der Waals surface area contributed by atoms with Crippen molar-refractivity contribution in [3.63, 3.8) is 0 Å². The van der Waals surface area contributed by atoms with Gasteiger partial charge in [-0.15, -0.1) is 0 Å². The summed E-state index contributed by atoms with van der Waals surface area (Å²) >= 11 is 3.45. The number of benzene rings is 2. The van der Waals surface area contributed by atoms with E-state index in [1.54, 1.807) is 31.4 Å². The van der Waals surface area contributed by atoms with Crippen molar-refractivity contribution in [1.82, 2.24) is 5.32 Å². The third kappa shape index (κ3) is 4.76. The van der Waals surface area contributed by atoms with E-state index in [0.717, 1.165) is 25.2 Å². The summed E-state index contributed by atoms with van der Waals surface area (Å²) in [7, 11) is 1.55. The molecule has 0 saturated carbocycles. The van der Waals surface area contributed by atoms with Crippen molar-refractivity contribution in [1.29, 1.82) is 0 Å². The molecule has 7 heteroatoms. The Kier molecular flexibility index (Phi) is 6.78. The third-order valence-corrected chi connectivity index (χ3v) is 5.40. The molecule has 2 aromatic carbocycles. The maximum atomic E-state index is 13.1. The Hall–Kier alpha value is -2.28. The van der Waals surface area contributed by atoms with E-state index in [1.807, 2.05) is 6.92 Å². The van der Waals surface area contributed by atoms with Crippen LogP contribution in [0.4, 0.5) is 10.1 Å². The van der Waals surface area contributed by atoms with Gasteiger partial charge in [0.05, 0.1) is 18.2 Å². The highest BCUT2D eigenvalue weighted by Gasteiger charge is 2.24. The van der Waals surface area contributed by atoms with E-state index >= 15 is 0 Å². The molecule has 1 fully saturated rings. The van der Waals surface area contributed by atoms with Gasteiger partial charge in [-0.05, 0) is 71.6 Å². The van der Waals surface area contributed by atoms with Crippen LogP contribution in [0.1, 0.15) is 23.7 Å². The summed E-state index contributed by atoms with van der Waals surface area (Å²) in [5, 5.41) is 3.01. The molecule has 0 aromatic heterocycles. The largest absolute Gasteiger partial charge is 0.493 e. The van der Waals surface area contributed by atoms with Crippen LogP contribution < -0.4 is 19.7 Å². The molecule has 1 unspecified atom stereocenters. The first-order chi connectivity index (χ1) is 13.5. The van der Waals surface area contributed by atoms with E-state index in [4.69, 9.17) is 9.47 Å². The molecule has 1 heterocycles. The van der Waals surface area contributed by atoms with Crippen LogP contribution in [0.25, 0.3) is 0 Å². The Bertz CT molecular complexity index is 829. The minimum atomic E-state index is -0.233. The van der Waals surface area contributed by atoms with Gasteiger partial charge in [0.25, 0.3) is 5.91 Å². The predicted molar refractivity (Wildman–Crippen MR) is 111 cm³/mol. The van der Waals surface area contributed by atoms with E-state index in [-0.39, 0.29) is 11.7 Å². The van der Waals surface area contributed by atoms with Crippen molar-refractivity contribution in [2.45, 2.75) is 13.3 Å². The number of carbonyl (C=O) groups is 1. The molecular weight excluding hydrogens is 427 g/mol. The summed E-state index contributed by atoms with van der Waals surface area (Å²) in [4.78, 5) is 14.8. The standard InChI is InChI=1S/C21H24BrFN2O3/c1-3-28-20-18(22)10-15(11-19(20)27-2)21(26)24-12-14-8-9-25(13-14)17-6-4-16(23)5-7-17/h4-7,10-11,14H,3,8-9,12-13H2,1-2H3,(H,24,26). The first-order valence-electron chi connectivity index (χ1n) is 9.30. The number of nitrogens with one attached hydrogen (secondary N) is 1. The van der Waals surface area contributed by atoms with Gasteiger partial charge in [-0.2, -0.15) is 0 Å². The topological polar surface area (TPSA) is 50.8 Å². The van der Waals surface area contributed by atoms with E-state index in [9.17, 15) is 9.18 Å². The number of methoxy groups -OCH3 is 1. The summed E-state index contributed by atoms with van der Waals surface area (Å²) in [5.74, 6) is 1.07. The second-order valence-electron chi connectivity index (χ2n) is 6.71. The Morgan fingerprint density at radius 3 is 2.75 bits per heavy atom. The Balaban J connectivity index is 1.58. The summed E-state index contributed by atoms with van der Waals surface area (Å²) in [6.07, 6.45) is 0.980. The molecule has 5 nitrogen and oxygen atoms in total. The molecular formula is C21H24BrFN2O3. The minimum absolute atomic E-state index is 0.151. The molecule has 28 heavy (non-hydrogen) atoms. The zero-order valence-corrected chi connectivity index (χ0v) is 17.6. The van der Waals surface area contributed by atoms with Gasteiger partial charge in [0.15, 0.2) is 11.5 Å². The molecule has 1 saturated heterocycles. The van der Waals surface area contributed by atoms with Gasteiger partial charge < -0.3 is 19.7 Å². The van der Waals surface area contributed by atoms with Gasteiger partial charge in [-0.1, -0.05) is 0 Å². The van der Waals surface area contributed by atoms with Crippen LogP contribution in [0.15, 0.2) is 40.9 Å². The van der Waals surface area contributed by atoms with E-state index in [1.165, 1.54) is 12.1 Å². The lowest BCUT2D eigenvalue weighted by Crippen LogP contribution is -2.31. The second kappa shape index (κ2) is 9.28. The average molecular weight is 451 g/mol. The highest BCUT2D eigenvalue weighted by Crippen LogP contribution is 2.36. The lowest BCUT2D eigenvalue weighted by atomic mass is 10.1. The highest BCUT2D eigenvalue weighted by molar-refractivity contribution is 9.10. The summed E-state index contributed by atoms with van der Waals surface area (Å²) in [6.45, 7) is 4.72. The summed E-state index contributed by atoms with van der Waals surface area (Å²) in [5.41, 5.74) is 1.52. The summed E-state index contributed by atoms with van der Waals surface area (Å²) < 4.78 is 24.7. The van der Waals surface area contributed by atoms with Crippen molar-refractivity contribution in [2.75, 3.05) is 38.3 Å². The lowest BCUT2D eigenvalue weighted by Gasteiger charge is -2.19. The molecule has 1 aliphatic heterocycles. The molecule has 1 atom stereocenters. The molecule has 150 valence electrons. The molecule has 1 N–H and O–H groups in total. The fourth-order valence-corrected chi connectivity index (χ4v) is 3.92. The number of hydrogen-bond acceptors (Lipinski definition) is 4. The number of amides is 1. The Morgan fingerprint density at radius 1 is 1.32 bits per heavy atom. The molecule has 0 radical (unpaired) electrons. The van der Waals surface area contributed by atoms with Crippen LogP contribution in [0.3, 0.4) is 0 Å². The van der Waals surface area contributed by atoms with Gasteiger partial charge in [-0.3, -0.25) is 4.79 Å². The Labute approximate surface area is 172 Å². The number of ether oxygens (including phenoxy) is 2. The average Bonchev–Trinajstić information content (AvgIpc) is 3.17. The van der Waals surface area contributed by atoms with Gasteiger partial charge in [0.1, 0.15) is 5.82 Å². The number of anilines is 1. The smallest absolute Gasteiger partial charge is 0.251 e. The van der Waals surface area contributed by atoms with E-state index in [2.05, 4.69) is 26.1 Å². The van der Waals surface area contributed by atoms with Gasteiger partial charge >= 0.3 is 0 Å². The third-order valence-electron chi connectivity index (χ3n) is 4.81. The monoisotopic (exact) mass is 450 g/mol. The van der Waals surface area contributed by atoms with Crippen molar-refractivity contribution < 1.29 is 18.7 Å². The zero-order valence-electron chi connectivity index (χ0n) is 16.0. The number of nitrogens with zero attached hydrogens (tertiary/aromatic N) is 1. The van der Waals surface area contributed by atoms with E-state index in [0.29, 0.717) is 40.6 Å². The van der Waals surface area contributed by atoms with Crippen LogP contribution in [0.2, 0.25) is 0 Å². The number of carbonyl (C=O) groups excluding carboxylic acids is 1. The maximum Gasteiger partial charge on any atom is 0.251 e. The highest BCUT2D eigenvalue weighted by atomic mass is 79.9. The Morgan fingerprint density at radius 2 is 2.07 bits per heavy atom. The molecule has 3 rings (SSSR count). The molecule has 2 aromatic rings. The molecule has 1 amide bonds. The van der Waals surface area contributed by atoms with Crippen molar-refractivity contribution in [3.05, 3.63) is 52.3 Å².